The fraction of sp³-hybridized carbons (Fsp3) is 0.235. The van der Waals surface area contributed by atoms with Crippen LogP contribution in [-0.4, -0.2) is 30.8 Å². The van der Waals surface area contributed by atoms with Crippen molar-refractivity contribution in [1.29, 1.82) is 0 Å². The van der Waals surface area contributed by atoms with Gasteiger partial charge < -0.3 is 10.4 Å². The van der Waals surface area contributed by atoms with Crippen LogP contribution >= 0.6 is 23.2 Å². The second kappa shape index (κ2) is 7.90. The van der Waals surface area contributed by atoms with Crippen molar-refractivity contribution < 1.29 is 31.5 Å². The quantitative estimate of drug-likeness (QED) is 0.708. The molecule has 0 radical (unpaired) electrons. The van der Waals surface area contributed by atoms with Crippen molar-refractivity contribution in [1.82, 2.24) is 0 Å². The van der Waals surface area contributed by atoms with Gasteiger partial charge in [0.15, 0.2) is 15.4 Å². The van der Waals surface area contributed by atoms with Gasteiger partial charge in [0, 0.05) is 5.69 Å². The van der Waals surface area contributed by atoms with E-state index in [0.717, 1.165) is 31.2 Å². The maximum Gasteiger partial charge on any atom is 0.416 e. The first-order chi connectivity index (χ1) is 12.7. The highest BCUT2D eigenvalue weighted by Gasteiger charge is 2.38. The molecule has 0 bridgehead atoms. The predicted molar refractivity (Wildman–Crippen MR) is 99.2 cm³/mol. The highest BCUT2D eigenvalue weighted by atomic mass is 35.5. The van der Waals surface area contributed by atoms with Crippen molar-refractivity contribution in [2.75, 3.05) is 11.1 Å². The minimum absolute atomic E-state index is 0.0496. The Morgan fingerprint density at radius 3 is 2.04 bits per heavy atom. The van der Waals surface area contributed by atoms with E-state index in [1.54, 1.807) is 0 Å². The first-order valence-electron chi connectivity index (χ1n) is 7.62. The number of hydrogen-bond donors (Lipinski definition) is 2. The van der Waals surface area contributed by atoms with E-state index in [4.69, 9.17) is 23.2 Å². The summed E-state index contributed by atoms with van der Waals surface area (Å²) < 4.78 is 62.8. The smallest absolute Gasteiger partial charge is 0.379 e. The van der Waals surface area contributed by atoms with Gasteiger partial charge in [-0.3, -0.25) is 4.79 Å². The largest absolute Gasteiger partial charge is 0.416 e. The molecule has 1 atom stereocenters. The molecule has 0 aliphatic heterocycles. The molecule has 0 saturated carbocycles. The van der Waals surface area contributed by atoms with Crippen LogP contribution in [-0.2, 0) is 20.8 Å². The fourth-order valence-corrected chi connectivity index (χ4v) is 5.14. The average Bonchev–Trinajstić information content (AvgIpc) is 2.53. The number of benzene rings is 2. The van der Waals surface area contributed by atoms with Crippen molar-refractivity contribution in [2.24, 2.45) is 0 Å². The lowest BCUT2D eigenvalue weighted by atomic mass is 10.1. The number of carbonyl (C=O) groups excluding carboxylic acids is 1. The summed E-state index contributed by atoms with van der Waals surface area (Å²) in [6.45, 7) is 0.953. The molecule has 2 N–H and O–H groups in total. The number of alkyl halides is 3. The lowest BCUT2D eigenvalue weighted by molar-refractivity contribution is -0.137. The van der Waals surface area contributed by atoms with E-state index < -0.39 is 43.7 Å². The molecule has 11 heteroatoms. The zero-order chi connectivity index (χ0) is 21.3. The van der Waals surface area contributed by atoms with E-state index in [9.17, 15) is 31.5 Å². The summed E-state index contributed by atoms with van der Waals surface area (Å²) in [6, 6.07) is 7.45. The molecule has 152 valence electrons. The van der Waals surface area contributed by atoms with Gasteiger partial charge in [0.1, 0.15) is 4.90 Å². The van der Waals surface area contributed by atoms with Crippen LogP contribution in [0.3, 0.4) is 0 Å². The minimum Gasteiger partial charge on any atom is -0.379 e. The van der Waals surface area contributed by atoms with Crippen LogP contribution in [0.4, 0.5) is 18.9 Å². The molecule has 0 aliphatic rings. The Morgan fingerprint density at radius 1 is 1.07 bits per heavy atom. The normalized spacial score (nSPS) is 14.4. The molecule has 2 aromatic carbocycles. The van der Waals surface area contributed by atoms with Crippen molar-refractivity contribution >= 4 is 44.6 Å². The summed E-state index contributed by atoms with van der Waals surface area (Å²) in [6.07, 6.45) is -4.55. The number of sulfone groups is 1. The molecule has 0 aliphatic carbocycles. The standard InChI is InChI=1S/C17H14Cl2F3NO4S/c1-16(25,9-28(26,27)14-12(18)3-2-4-13(14)19)15(24)23-11-7-5-10(6-8-11)17(20,21)22/h2-8,25H,9H2,1H3,(H,23,24)/t16-/m1/s1. The molecular weight excluding hydrogens is 442 g/mol. The molecule has 28 heavy (non-hydrogen) atoms. The maximum absolute atomic E-state index is 12.6. The molecular formula is C17H14Cl2F3NO4S. The molecule has 2 aromatic rings. The molecule has 0 spiro atoms. The Hall–Kier alpha value is -1.81. The summed E-state index contributed by atoms with van der Waals surface area (Å²) in [5, 5.41) is 12.2. The maximum atomic E-state index is 12.6. The molecule has 0 fully saturated rings. The second-order valence-electron chi connectivity index (χ2n) is 6.11. The van der Waals surface area contributed by atoms with Crippen LogP contribution in [0.1, 0.15) is 12.5 Å². The second-order valence-corrected chi connectivity index (χ2v) is 8.85. The van der Waals surface area contributed by atoms with E-state index in [0.29, 0.717) is 0 Å². The molecule has 0 unspecified atom stereocenters. The van der Waals surface area contributed by atoms with Gasteiger partial charge in [-0.25, -0.2) is 8.42 Å². The van der Waals surface area contributed by atoms with E-state index in [-0.39, 0.29) is 15.7 Å². The van der Waals surface area contributed by atoms with Gasteiger partial charge >= 0.3 is 6.18 Å². The van der Waals surface area contributed by atoms with E-state index in [1.807, 2.05) is 0 Å². The number of anilines is 1. The minimum atomic E-state index is -4.55. The third-order valence-electron chi connectivity index (χ3n) is 3.66. The van der Waals surface area contributed by atoms with Gasteiger partial charge in [-0.2, -0.15) is 13.2 Å². The van der Waals surface area contributed by atoms with Gasteiger partial charge in [-0.1, -0.05) is 29.3 Å². The zero-order valence-electron chi connectivity index (χ0n) is 14.2. The van der Waals surface area contributed by atoms with Gasteiger partial charge in [-0.15, -0.1) is 0 Å². The van der Waals surface area contributed by atoms with Crippen LogP contribution in [0.2, 0.25) is 10.0 Å². The lowest BCUT2D eigenvalue weighted by Crippen LogP contribution is -2.45. The highest BCUT2D eigenvalue weighted by molar-refractivity contribution is 7.91. The van der Waals surface area contributed by atoms with E-state index in [2.05, 4.69) is 5.32 Å². The first kappa shape index (κ1) is 22.5. The Morgan fingerprint density at radius 2 is 1.57 bits per heavy atom. The van der Waals surface area contributed by atoms with Crippen LogP contribution < -0.4 is 5.32 Å². The predicted octanol–water partition coefficient (Wildman–Crippen LogP) is 4.18. The van der Waals surface area contributed by atoms with E-state index >= 15 is 0 Å². The number of halogens is 5. The number of hydrogen-bond acceptors (Lipinski definition) is 4. The molecule has 0 saturated heterocycles. The van der Waals surface area contributed by atoms with Gasteiger partial charge in [-0.05, 0) is 43.3 Å². The monoisotopic (exact) mass is 455 g/mol. The lowest BCUT2D eigenvalue weighted by Gasteiger charge is -2.23. The number of rotatable bonds is 5. The summed E-state index contributed by atoms with van der Waals surface area (Å²) >= 11 is 11.7. The first-order valence-corrected chi connectivity index (χ1v) is 10.0. The van der Waals surface area contributed by atoms with Crippen molar-refractivity contribution in [3.05, 3.63) is 58.1 Å². The Bertz CT molecular complexity index is 970. The van der Waals surface area contributed by atoms with Gasteiger partial charge in [0.25, 0.3) is 5.91 Å². The van der Waals surface area contributed by atoms with Crippen LogP contribution in [0.25, 0.3) is 0 Å². The zero-order valence-corrected chi connectivity index (χ0v) is 16.5. The average molecular weight is 456 g/mol. The van der Waals surface area contributed by atoms with Gasteiger partial charge in [0.05, 0.1) is 21.4 Å². The number of nitrogens with one attached hydrogen (secondary N) is 1. The van der Waals surface area contributed by atoms with Crippen LogP contribution in [0.15, 0.2) is 47.4 Å². The fourth-order valence-electron chi connectivity index (χ4n) is 2.30. The molecule has 0 aromatic heterocycles. The number of carbonyl (C=O) groups is 1. The molecule has 5 nitrogen and oxygen atoms in total. The third-order valence-corrected chi connectivity index (χ3v) is 6.52. The number of amides is 1. The number of aliphatic hydroxyl groups is 1. The molecule has 2 rings (SSSR count). The SMILES string of the molecule is C[C@@](O)(CS(=O)(=O)c1c(Cl)cccc1Cl)C(=O)Nc1ccc(C(F)(F)F)cc1. The summed E-state index contributed by atoms with van der Waals surface area (Å²) in [5.74, 6) is -2.17. The Labute approximate surface area is 169 Å². The van der Waals surface area contributed by atoms with Crippen LogP contribution in [0.5, 0.6) is 0 Å². The summed E-state index contributed by atoms with van der Waals surface area (Å²) in [4.78, 5) is 11.9. The molecule has 1 amide bonds. The topological polar surface area (TPSA) is 83.5 Å². The summed E-state index contributed by atoms with van der Waals surface area (Å²) in [7, 11) is -4.27. The van der Waals surface area contributed by atoms with Crippen molar-refractivity contribution in [3.63, 3.8) is 0 Å². The Kier molecular flexibility index (Phi) is 6.34. The van der Waals surface area contributed by atoms with Crippen molar-refractivity contribution in [2.45, 2.75) is 23.6 Å². The van der Waals surface area contributed by atoms with Gasteiger partial charge in [0.2, 0.25) is 0 Å². The third kappa shape index (κ3) is 5.16. The summed E-state index contributed by atoms with van der Waals surface area (Å²) in [5.41, 5.74) is -3.39. The Balaban J connectivity index is 2.21. The van der Waals surface area contributed by atoms with Crippen molar-refractivity contribution in [3.8, 4) is 0 Å². The highest BCUT2D eigenvalue weighted by Crippen LogP contribution is 2.32. The molecule has 0 heterocycles. The van der Waals surface area contributed by atoms with Crippen LogP contribution in [0, 0.1) is 0 Å². The van der Waals surface area contributed by atoms with E-state index in [1.165, 1.54) is 18.2 Å².